The van der Waals surface area contributed by atoms with Crippen LogP contribution in [0, 0.1) is 11.8 Å². The number of rotatable bonds is 2. The molecule has 31 heavy (non-hydrogen) atoms. The lowest BCUT2D eigenvalue weighted by Gasteiger charge is -2.55. The van der Waals surface area contributed by atoms with E-state index >= 15 is 0 Å². The minimum atomic E-state index is -0.963. The summed E-state index contributed by atoms with van der Waals surface area (Å²) in [5.74, 6) is -1.83. The molecule has 0 radical (unpaired) electrons. The van der Waals surface area contributed by atoms with Gasteiger partial charge in [-0.3, -0.25) is 9.59 Å². The first-order chi connectivity index (χ1) is 15.0. The lowest BCUT2D eigenvalue weighted by atomic mass is 9.46. The fraction of sp³-hybridized carbons (Fsp3) is 0.231. The molecule has 1 N–H and O–H groups in total. The summed E-state index contributed by atoms with van der Waals surface area (Å²) in [6.07, 6.45) is -0.848. The van der Waals surface area contributed by atoms with Crippen LogP contribution in [0.5, 0.6) is 0 Å². The van der Waals surface area contributed by atoms with Crippen molar-refractivity contribution in [1.82, 2.24) is 0 Å². The molecule has 0 aromatic heterocycles. The number of hydrogen-bond acceptors (Lipinski definition) is 3. The molecule has 1 saturated heterocycles. The normalized spacial score (nSPS) is 28.9. The van der Waals surface area contributed by atoms with Crippen LogP contribution >= 0.6 is 15.9 Å². The van der Waals surface area contributed by atoms with E-state index in [4.69, 9.17) is 0 Å². The number of carbonyl (C=O) groups excluding carboxylic acids is 2. The number of nitrogens with zero attached hydrogens (tertiary/aromatic N) is 1. The number of benzene rings is 3. The summed E-state index contributed by atoms with van der Waals surface area (Å²) in [6, 6.07) is 23.3. The Balaban J connectivity index is 1.68. The predicted molar refractivity (Wildman–Crippen MR) is 121 cm³/mol. The Labute approximate surface area is 188 Å². The lowest BCUT2D eigenvalue weighted by Crippen LogP contribution is -2.58. The second-order valence-corrected chi connectivity index (χ2v) is 9.52. The smallest absolute Gasteiger partial charge is 0.239 e. The lowest BCUT2D eigenvalue weighted by molar-refractivity contribution is -0.126. The highest BCUT2D eigenvalue weighted by Crippen LogP contribution is 2.65. The maximum absolute atomic E-state index is 14.0. The van der Waals surface area contributed by atoms with E-state index in [-0.39, 0.29) is 17.7 Å². The first kappa shape index (κ1) is 19.0. The number of amides is 2. The maximum Gasteiger partial charge on any atom is 0.239 e. The number of aliphatic hydroxyl groups is 1. The Morgan fingerprint density at radius 1 is 0.871 bits per heavy atom. The van der Waals surface area contributed by atoms with Gasteiger partial charge in [-0.15, -0.1) is 0 Å². The van der Waals surface area contributed by atoms with Gasteiger partial charge < -0.3 is 5.11 Å². The van der Waals surface area contributed by atoms with E-state index in [9.17, 15) is 14.7 Å². The van der Waals surface area contributed by atoms with Gasteiger partial charge in [-0.25, -0.2) is 4.90 Å². The van der Waals surface area contributed by atoms with Crippen LogP contribution in [-0.2, 0) is 15.0 Å². The molecular formula is C26H20BrNO3. The van der Waals surface area contributed by atoms with Crippen molar-refractivity contribution in [3.05, 3.63) is 99.5 Å². The molecule has 4 nitrogen and oxygen atoms in total. The molecule has 1 fully saturated rings. The average molecular weight is 474 g/mol. The highest BCUT2D eigenvalue weighted by Gasteiger charge is 2.69. The summed E-state index contributed by atoms with van der Waals surface area (Å²) < 4.78 is 0.698. The van der Waals surface area contributed by atoms with Gasteiger partial charge in [0.05, 0.1) is 29.0 Å². The molecule has 2 amide bonds. The van der Waals surface area contributed by atoms with E-state index in [0.717, 1.165) is 22.3 Å². The fourth-order valence-corrected chi connectivity index (χ4v) is 6.87. The first-order valence-electron chi connectivity index (χ1n) is 10.5. The largest absolute Gasteiger partial charge is 0.392 e. The predicted octanol–water partition coefficient (Wildman–Crippen LogP) is 4.38. The van der Waals surface area contributed by atoms with Crippen molar-refractivity contribution >= 4 is 33.4 Å². The average Bonchev–Trinajstić information content (AvgIpc) is 3.05. The summed E-state index contributed by atoms with van der Waals surface area (Å²) in [5.41, 5.74) is 3.60. The molecule has 0 spiro atoms. The van der Waals surface area contributed by atoms with Crippen LogP contribution < -0.4 is 4.90 Å². The molecule has 3 atom stereocenters. The molecule has 3 aliphatic carbocycles. The van der Waals surface area contributed by atoms with Crippen molar-refractivity contribution in [1.29, 1.82) is 0 Å². The number of carbonyl (C=O) groups is 2. The van der Waals surface area contributed by atoms with Gasteiger partial charge >= 0.3 is 0 Å². The number of imide groups is 1. The number of hydrogen-bond donors (Lipinski definition) is 1. The summed E-state index contributed by atoms with van der Waals surface area (Å²) in [4.78, 5) is 29.2. The van der Waals surface area contributed by atoms with Crippen LogP contribution in [0.4, 0.5) is 5.69 Å². The highest BCUT2D eigenvalue weighted by molar-refractivity contribution is 9.10. The molecule has 0 saturated carbocycles. The van der Waals surface area contributed by atoms with Gasteiger partial charge in [-0.2, -0.15) is 0 Å². The third-order valence-electron chi connectivity index (χ3n) is 7.44. The number of aliphatic hydroxyl groups excluding tert-OH is 1. The van der Waals surface area contributed by atoms with E-state index in [0.29, 0.717) is 10.2 Å². The van der Waals surface area contributed by atoms with Gasteiger partial charge in [0, 0.05) is 10.4 Å². The zero-order chi connectivity index (χ0) is 21.5. The Kier molecular flexibility index (Phi) is 3.90. The van der Waals surface area contributed by atoms with Crippen molar-refractivity contribution in [2.24, 2.45) is 11.8 Å². The van der Waals surface area contributed by atoms with Gasteiger partial charge in [0.1, 0.15) is 0 Å². The van der Waals surface area contributed by atoms with Crippen molar-refractivity contribution in [2.45, 2.75) is 24.4 Å². The number of para-hydroxylation sites is 1. The Hall–Kier alpha value is -2.76. The van der Waals surface area contributed by atoms with E-state index in [1.165, 1.54) is 4.90 Å². The molecule has 0 unspecified atom stereocenters. The first-order valence-corrected chi connectivity index (χ1v) is 11.3. The molecule has 3 aromatic carbocycles. The van der Waals surface area contributed by atoms with Gasteiger partial charge in [-0.05, 0) is 57.2 Å². The van der Waals surface area contributed by atoms with E-state index in [1.54, 1.807) is 13.0 Å². The molecule has 1 heterocycles. The maximum atomic E-state index is 14.0. The number of anilines is 1. The van der Waals surface area contributed by atoms with Gasteiger partial charge in [0.2, 0.25) is 11.8 Å². The van der Waals surface area contributed by atoms with Crippen LogP contribution in [0.15, 0.2) is 77.3 Å². The monoisotopic (exact) mass is 473 g/mol. The Morgan fingerprint density at radius 2 is 1.42 bits per heavy atom. The van der Waals surface area contributed by atoms with Crippen molar-refractivity contribution in [2.75, 3.05) is 4.90 Å². The molecular weight excluding hydrogens is 454 g/mol. The molecule has 3 aromatic rings. The molecule has 5 heteroatoms. The summed E-state index contributed by atoms with van der Waals surface area (Å²) in [7, 11) is 0. The zero-order valence-corrected chi connectivity index (χ0v) is 18.4. The number of halogens is 1. The van der Waals surface area contributed by atoms with Crippen molar-refractivity contribution < 1.29 is 14.7 Å². The van der Waals surface area contributed by atoms with Crippen LogP contribution in [0.3, 0.4) is 0 Å². The van der Waals surface area contributed by atoms with E-state index in [1.807, 2.05) is 66.7 Å². The van der Waals surface area contributed by atoms with Gasteiger partial charge in [0.15, 0.2) is 0 Å². The minimum absolute atomic E-state index is 0.194. The minimum Gasteiger partial charge on any atom is -0.392 e. The Bertz CT molecular complexity index is 1220. The van der Waals surface area contributed by atoms with Crippen LogP contribution in [0.1, 0.15) is 35.1 Å². The van der Waals surface area contributed by atoms with E-state index in [2.05, 4.69) is 15.9 Å². The third kappa shape index (κ3) is 2.13. The summed E-state index contributed by atoms with van der Waals surface area (Å²) in [5, 5.41) is 11.3. The molecule has 7 rings (SSSR count). The third-order valence-corrected chi connectivity index (χ3v) is 8.11. The topological polar surface area (TPSA) is 57.6 Å². The van der Waals surface area contributed by atoms with Crippen LogP contribution in [0.25, 0.3) is 0 Å². The van der Waals surface area contributed by atoms with Crippen LogP contribution in [0.2, 0.25) is 0 Å². The molecule has 154 valence electrons. The molecule has 1 aliphatic heterocycles. The molecule has 4 aliphatic rings. The zero-order valence-electron chi connectivity index (χ0n) is 16.8. The standard InChI is InChI=1S/C26H20BrNO3/c1-14(29)26-17-10-4-2-8-15(17)21(16-9-3-5-11-18(16)26)22-23(26)25(31)28(24(22)30)20-13-7-6-12-19(20)27/h2-14,21-23,29H,1H3/t14-,21?,22-,23-,26?/m1/s1. The molecule has 2 bridgehead atoms. The van der Waals surface area contributed by atoms with Crippen LogP contribution in [-0.4, -0.2) is 23.0 Å². The van der Waals surface area contributed by atoms with Crippen molar-refractivity contribution in [3.8, 4) is 0 Å². The Morgan fingerprint density at radius 3 is 2.00 bits per heavy atom. The highest BCUT2D eigenvalue weighted by atomic mass is 79.9. The quantitative estimate of drug-likeness (QED) is 0.561. The second-order valence-electron chi connectivity index (χ2n) is 8.66. The SMILES string of the molecule is C[C@@H](O)C12c3ccccc3C(c3ccccc31)[C@H]1C(=O)N(c3ccccc3Br)C(=O)[C@@H]12. The van der Waals surface area contributed by atoms with E-state index < -0.39 is 23.4 Å². The second kappa shape index (κ2) is 6.38. The summed E-state index contributed by atoms with van der Waals surface area (Å²) in [6.45, 7) is 1.75. The summed E-state index contributed by atoms with van der Waals surface area (Å²) >= 11 is 3.51. The van der Waals surface area contributed by atoms with Gasteiger partial charge in [0.25, 0.3) is 0 Å². The van der Waals surface area contributed by atoms with Crippen molar-refractivity contribution in [3.63, 3.8) is 0 Å². The fourth-order valence-electron chi connectivity index (χ4n) is 6.41. The van der Waals surface area contributed by atoms with Gasteiger partial charge in [-0.1, -0.05) is 60.7 Å².